The summed E-state index contributed by atoms with van der Waals surface area (Å²) in [5, 5.41) is 2.93. The Kier molecular flexibility index (Phi) is 6.29. The van der Waals surface area contributed by atoms with Gasteiger partial charge in [-0.15, -0.1) is 18.3 Å². The van der Waals surface area contributed by atoms with Crippen LogP contribution in [0.15, 0.2) is 66.1 Å². The van der Waals surface area contributed by atoms with Gasteiger partial charge >= 0.3 is 0 Å². The van der Waals surface area contributed by atoms with E-state index < -0.39 is 0 Å². The van der Waals surface area contributed by atoms with Gasteiger partial charge in [0, 0.05) is 22.4 Å². The van der Waals surface area contributed by atoms with Gasteiger partial charge in [-0.1, -0.05) is 24.3 Å². The Morgan fingerprint density at radius 3 is 2.78 bits per heavy atom. The fourth-order valence-corrected chi connectivity index (χ4v) is 2.83. The van der Waals surface area contributed by atoms with E-state index in [9.17, 15) is 4.79 Å². The van der Waals surface area contributed by atoms with Gasteiger partial charge in [0.15, 0.2) is 0 Å². The van der Waals surface area contributed by atoms with Crippen LogP contribution >= 0.6 is 11.8 Å². The zero-order valence-electron chi connectivity index (χ0n) is 13.4. The fourth-order valence-electron chi connectivity index (χ4n) is 2.05. The molecule has 1 N–H and O–H groups in total. The van der Waals surface area contributed by atoms with Crippen molar-refractivity contribution in [1.29, 1.82) is 0 Å². The van der Waals surface area contributed by atoms with Gasteiger partial charge in [-0.25, -0.2) is 0 Å². The Morgan fingerprint density at radius 1 is 1.26 bits per heavy atom. The number of nitrogens with one attached hydrogen (secondary N) is 1. The van der Waals surface area contributed by atoms with E-state index in [1.807, 2.05) is 68.5 Å². The first-order valence-corrected chi connectivity index (χ1v) is 8.49. The minimum atomic E-state index is -0.126. The lowest BCUT2D eigenvalue weighted by atomic mass is 10.2. The van der Waals surface area contributed by atoms with Crippen LogP contribution in [0.3, 0.4) is 0 Å². The first-order valence-electron chi connectivity index (χ1n) is 7.51. The quantitative estimate of drug-likeness (QED) is 0.574. The Bertz CT molecular complexity index is 683. The summed E-state index contributed by atoms with van der Waals surface area (Å²) < 4.78 is 5.65. The van der Waals surface area contributed by atoms with Gasteiger partial charge in [0.1, 0.15) is 5.75 Å². The molecule has 1 amide bonds. The second kappa shape index (κ2) is 8.44. The van der Waals surface area contributed by atoms with Crippen molar-refractivity contribution in [2.24, 2.45) is 0 Å². The molecule has 2 rings (SSSR count). The number of amides is 1. The monoisotopic (exact) mass is 327 g/mol. The minimum Gasteiger partial charge on any atom is -0.491 e. The molecule has 0 aliphatic carbocycles. The molecule has 0 atom stereocenters. The maximum absolute atomic E-state index is 12.5. The normalized spacial score (nSPS) is 10.4. The van der Waals surface area contributed by atoms with Crippen LogP contribution in [0.4, 0.5) is 5.69 Å². The first kappa shape index (κ1) is 17.2. The third kappa shape index (κ3) is 5.18. The van der Waals surface area contributed by atoms with E-state index in [0.29, 0.717) is 5.56 Å². The highest BCUT2D eigenvalue weighted by Gasteiger charge is 2.11. The summed E-state index contributed by atoms with van der Waals surface area (Å²) >= 11 is 1.59. The maximum Gasteiger partial charge on any atom is 0.256 e. The summed E-state index contributed by atoms with van der Waals surface area (Å²) in [5.41, 5.74) is 1.38. The van der Waals surface area contributed by atoms with E-state index in [4.69, 9.17) is 4.74 Å². The lowest BCUT2D eigenvalue weighted by molar-refractivity contribution is 0.102. The van der Waals surface area contributed by atoms with E-state index in [2.05, 4.69) is 11.9 Å². The molecule has 0 saturated heterocycles. The topological polar surface area (TPSA) is 38.3 Å². The van der Waals surface area contributed by atoms with E-state index >= 15 is 0 Å². The van der Waals surface area contributed by atoms with Gasteiger partial charge in [-0.2, -0.15) is 0 Å². The number of anilines is 1. The Hall–Kier alpha value is -2.20. The molecule has 0 fully saturated rings. The SMILES string of the molecule is C=CCSc1ccccc1C(=O)Nc1cccc(OC(C)C)c1. The van der Waals surface area contributed by atoms with Crippen molar-refractivity contribution in [3.05, 3.63) is 66.7 Å². The Labute approximate surface area is 141 Å². The van der Waals surface area contributed by atoms with Crippen LogP contribution in [0.25, 0.3) is 0 Å². The van der Waals surface area contributed by atoms with Crippen molar-refractivity contribution in [1.82, 2.24) is 0 Å². The smallest absolute Gasteiger partial charge is 0.256 e. The van der Waals surface area contributed by atoms with Crippen molar-refractivity contribution in [2.75, 3.05) is 11.1 Å². The molecule has 0 unspecified atom stereocenters. The largest absolute Gasteiger partial charge is 0.491 e. The van der Waals surface area contributed by atoms with Crippen LogP contribution in [-0.4, -0.2) is 17.8 Å². The van der Waals surface area contributed by atoms with Crippen LogP contribution in [0.1, 0.15) is 24.2 Å². The highest BCUT2D eigenvalue weighted by molar-refractivity contribution is 7.99. The molecule has 0 aliphatic heterocycles. The zero-order valence-corrected chi connectivity index (χ0v) is 14.2. The van der Waals surface area contributed by atoms with E-state index in [-0.39, 0.29) is 12.0 Å². The average Bonchev–Trinajstić information content (AvgIpc) is 2.53. The Balaban J connectivity index is 2.14. The van der Waals surface area contributed by atoms with Crippen molar-refractivity contribution in [3.8, 4) is 5.75 Å². The molecular weight excluding hydrogens is 306 g/mol. The molecule has 0 saturated carbocycles. The lowest BCUT2D eigenvalue weighted by Crippen LogP contribution is -2.13. The highest BCUT2D eigenvalue weighted by atomic mass is 32.2. The molecule has 0 bridgehead atoms. The molecule has 2 aromatic rings. The number of carbonyl (C=O) groups is 1. The maximum atomic E-state index is 12.5. The number of rotatable bonds is 7. The Morgan fingerprint density at radius 2 is 2.04 bits per heavy atom. The van der Waals surface area contributed by atoms with Gasteiger partial charge in [0.05, 0.1) is 11.7 Å². The van der Waals surface area contributed by atoms with E-state index in [1.165, 1.54) is 0 Å². The first-order chi connectivity index (χ1) is 11.1. The predicted molar refractivity (Wildman–Crippen MR) is 97.5 cm³/mol. The summed E-state index contributed by atoms with van der Waals surface area (Å²) in [6, 6.07) is 15.0. The van der Waals surface area contributed by atoms with Crippen molar-refractivity contribution >= 4 is 23.4 Å². The van der Waals surface area contributed by atoms with Gasteiger partial charge < -0.3 is 10.1 Å². The lowest BCUT2D eigenvalue weighted by Gasteiger charge is -2.12. The van der Waals surface area contributed by atoms with Crippen LogP contribution in [0, 0.1) is 0 Å². The summed E-state index contributed by atoms with van der Waals surface area (Å²) in [6.07, 6.45) is 1.92. The fraction of sp³-hybridized carbons (Fsp3) is 0.211. The number of thioether (sulfide) groups is 1. The summed E-state index contributed by atoms with van der Waals surface area (Å²) in [4.78, 5) is 13.5. The number of benzene rings is 2. The summed E-state index contributed by atoms with van der Waals surface area (Å²) in [5.74, 6) is 1.38. The van der Waals surface area contributed by atoms with Crippen LogP contribution < -0.4 is 10.1 Å². The second-order valence-electron chi connectivity index (χ2n) is 5.24. The minimum absolute atomic E-state index is 0.0944. The number of hydrogen-bond acceptors (Lipinski definition) is 3. The molecule has 23 heavy (non-hydrogen) atoms. The van der Waals surface area contributed by atoms with Crippen LogP contribution in [0.5, 0.6) is 5.75 Å². The molecule has 2 aromatic carbocycles. The van der Waals surface area contributed by atoms with Crippen molar-refractivity contribution in [3.63, 3.8) is 0 Å². The average molecular weight is 327 g/mol. The van der Waals surface area contributed by atoms with Crippen molar-refractivity contribution < 1.29 is 9.53 Å². The molecule has 120 valence electrons. The van der Waals surface area contributed by atoms with Gasteiger partial charge in [-0.05, 0) is 38.1 Å². The predicted octanol–water partition coefficient (Wildman–Crippen LogP) is 5.00. The van der Waals surface area contributed by atoms with Crippen LogP contribution in [-0.2, 0) is 0 Å². The molecule has 0 heterocycles. The van der Waals surface area contributed by atoms with Crippen LogP contribution in [0.2, 0.25) is 0 Å². The van der Waals surface area contributed by atoms with Gasteiger partial charge in [0.2, 0.25) is 0 Å². The molecular formula is C19H21NO2S. The van der Waals surface area contributed by atoms with Crippen molar-refractivity contribution in [2.45, 2.75) is 24.8 Å². The third-order valence-corrected chi connectivity index (χ3v) is 4.02. The van der Waals surface area contributed by atoms with Gasteiger partial charge in [0.25, 0.3) is 5.91 Å². The van der Waals surface area contributed by atoms with E-state index in [1.54, 1.807) is 11.8 Å². The number of ether oxygens (including phenoxy) is 1. The number of hydrogen-bond donors (Lipinski definition) is 1. The number of carbonyl (C=O) groups excluding carboxylic acids is 1. The molecule has 0 radical (unpaired) electrons. The second-order valence-corrected chi connectivity index (χ2v) is 6.31. The zero-order chi connectivity index (χ0) is 16.7. The highest BCUT2D eigenvalue weighted by Crippen LogP contribution is 2.24. The third-order valence-electron chi connectivity index (χ3n) is 2.95. The molecule has 0 aliphatic rings. The van der Waals surface area contributed by atoms with E-state index in [0.717, 1.165) is 22.1 Å². The molecule has 3 nitrogen and oxygen atoms in total. The summed E-state index contributed by atoms with van der Waals surface area (Å²) in [7, 11) is 0. The molecule has 0 aromatic heterocycles. The molecule has 4 heteroatoms. The summed E-state index contributed by atoms with van der Waals surface area (Å²) in [6.45, 7) is 7.66. The standard InChI is InChI=1S/C19H21NO2S/c1-4-12-23-18-11-6-5-10-17(18)19(21)20-15-8-7-9-16(13-15)22-14(2)3/h4-11,13-14H,1,12H2,2-3H3,(H,20,21). The molecule has 0 spiro atoms. The van der Waals surface area contributed by atoms with Gasteiger partial charge in [-0.3, -0.25) is 4.79 Å².